The predicted molar refractivity (Wildman–Crippen MR) is 129 cm³/mol. The average molecular weight is 494 g/mol. The summed E-state index contributed by atoms with van der Waals surface area (Å²) in [6.45, 7) is 3.52. The van der Waals surface area contributed by atoms with Crippen molar-refractivity contribution in [3.8, 4) is 10.4 Å². The largest absolute Gasteiger partial charge is 0.468 e. The zero-order chi connectivity index (χ0) is 22.3. The summed E-state index contributed by atoms with van der Waals surface area (Å²) < 4.78 is 35.8. The van der Waals surface area contributed by atoms with Crippen LogP contribution in [-0.2, 0) is 19.6 Å². The summed E-state index contributed by atoms with van der Waals surface area (Å²) in [4.78, 5) is 13.2. The summed E-state index contributed by atoms with van der Waals surface area (Å²) in [7, 11) is -2.65. The second-order valence-electron chi connectivity index (χ2n) is 7.44. The highest BCUT2D eigenvalue weighted by Gasteiger charge is 2.29. The summed E-state index contributed by atoms with van der Waals surface area (Å²) >= 11 is 9.12. The van der Waals surface area contributed by atoms with Crippen LogP contribution < -0.4 is 4.72 Å². The number of rotatable bonds is 6. The lowest BCUT2D eigenvalue weighted by Gasteiger charge is -2.19. The molecule has 0 saturated heterocycles. The van der Waals surface area contributed by atoms with Crippen molar-refractivity contribution in [2.45, 2.75) is 24.8 Å². The first-order valence-corrected chi connectivity index (χ1v) is 13.0. The molecule has 0 fully saturated rings. The van der Waals surface area contributed by atoms with Gasteiger partial charge in [-0.2, -0.15) is 4.72 Å². The van der Waals surface area contributed by atoms with Gasteiger partial charge in [0.25, 0.3) is 0 Å². The number of benzene rings is 2. The molecule has 2 aromatic heterocycles. The molecule has 0 radical (unpaired) electrons. The van der Waals surface area contributed by atoms with E-state index in [2.05, 4.69) is 16.9 Å². The van der Waals surface area contributed by atoms with E-state index in [9.17, 15) is 13.2 Å². The van der Waals surface area contributed by atoms with Crippen molar-refractivity contribution in [2.75, 3.05) is 7.11 Å². The summed E-state index contributed by atoms with van der Waals surface area (Å²) in [6, 6.07) is 14.1. The van der Waals surface area contributed by atoms with E-state index >= 15 is 0 Å². The van der Waals surface area contributed by atoms with E-state index in [0.717, 1.165) is 34.9 Å². The quantitative estimate of drug-likeness (QED) is 0.339. The molecule has 0 aliphatic carbocycles. The highest BCUT2D eigenvalue weighted by Crippen LogP contribution is 2.39. The SMILES string of the molecule is COC(=O)C(NS(=O)(=O)c1ccc2c(c1)sc1cc(-c3ccc(Cl)s3)ccc12)C(C)C. The number of hydrogen-bond donors (Lipinski definition) is 1. The van der Waals surface area contributed by atoms with Gasteiger partial charge in [-0.25, -0.2) is 8.42 Å². The fraction of sp³-hybridized carbons (Fsp3) is 0.227. The van der Waals surface area contributed by atoms with Crippen LogP contribution in [0.15, 0.2) is 53.4 Å². The predicted octanol–water partition coefficient (Wildman–Crippen LogP) is 5.91. The third-order valence-electron chi connectivity index (χ3n) is 5.02. The third-order valence-corrected chi connectivity index (χ3v) is 8.85. The Balaban J connectivity index is 1.73. The molecule has 2 heterocycles. The van der Waals surface area contributed by atoms with Crippen molar-refractivity contribution in [3.05, 3.63) is 52.9 Å². The fourth-order valence-electron chi connectivity index (χ4n) is 3.37. The number of nitrogens with one attached hydrogen (secondary N) is 1. The first-order valence-electron chi connectivity index (χ1n) is 9.52. The molecule has 4 aromatic rings. The fourth-order valence-corrected chi connectivity index (χ4v) is 7.02. The summed E-state index contributed by atoms with van der Waals surface area (Å²) in [6.07, 6.45) is 0. The van der Waals surface area contributed by atoms with E-state index in [1.807, 2.05) is 24.3 Å². The number of thiophene rings is 2. The molecule has 4 rings (SSSR count). The molecule has 0 aliphatic heterocycles. The number of halogens is 1. The maximum Gasteiger partial charge on any atom is 0.324 e. The summed E-state index contributed by atoms with van der Waals surface area (Å²) in [5.74, 6) is -0.859. The maximum atomic E-state index is 12.9. The molecule has 31 heavy (non-hydrogen) atoms. The van der Waals surface area contributed by atoms with Crippen LogP contribution >= 0.6 is 34.3 Å². The molecule has 9 heteroatoms. The van der Waals surface area contributed by atoms with Gasteiger partial charge in [0, 0.05) is 25.0 Å². The molecule has 0 bridgehead atoms. The zero-order valence-corrected chi connectivity index (χ0v) is 20.2. The molecule has 0 spiro atoms. The van der Waals surface area contributed by atoms with Crippen molar-refractivity contribution in [1.82, 2.24) is 4.72 Å². The Bertz CT molecular complexity index is 1390. The standard InChI is InChI=1S/C22H20ClNO4S3/c1-12(2)21(22(25)28-3)24-31(26,27)14-5-7-16-15-6-4-13(17-8-9-20(23)30-17)10-18(15)29-19(16)11-14/h4-12,21,24H,1-3H3. The Kier molecular flexibility index (Phi) is 6.11. The second kappa shape index (κ2) is 8.52. The van der Waals surface area contributed by atoms with Crippen LogP contribution in [0.25, 0.3) is 30.6 Å². The molecule has 0 amide bonds. The Hall–Kier alpha value is -1.97. The van der Waals surface area contributed by atoms with Crippen molar-refractivity contribution < 1.29 is 17.9 Å². The van der Waals surface area contributed by atoms with E-state index in [1.165, 1.54) is 29.8 Å². The first kappa shape index (κ1) is 22.2. The molecule has 2 aromatic carbocycles. The van der Waals surface area contributed by atoms with Gasteiger partial charge in [-0.1, -0.05) is 43.6 Å². The number of ether oxygens (including phenoxy) is 1. The highest BCUT2D eigenvalue weighted by atomic mass is 35.5. The third kappa shape index (κ3) is 4.36. The topological polar surface area (TPSA) is 72.5 Å². The molecular weight excluding hydrogens is 474 g/mol. The van der Waals surface area contributed by atoms with Crippen molar-refractivity contribution in [2.24, 2.45) is 5.92 Å². The van der Waals surface area contributed by atoms with Crippen LogP contribution in [0.5, 0.6) is 0 Å². The highest BCUT2D eigenvalue weighted by molar-refractivity contribution is 7.89. The van der Waals surface area contributed by atoms with Crippen molar-refractivity contribution in [3.63, 3.8) is 0 Å². The van der Waals surface area contributed by atoms with Gasteiger partial charge in [0.1, 0.15) is 6.04 Å². The lowest BCUT2D eigenvalue weighted by atomic mass is 10.1. The van der Waals surface area contributed by atoms with Gasteiger partial charge < -0.3 is 4.74 Å². The first-order chi connectivity index (χ1) is 14.7. The average Bonchev–Trinajstić information content (AvgIpc) is 3.33. The normalized spacial score (nSPS) is 13.2. The molecular formula is C22H20ClNO4S3. The smallest absolute Gasteiger partial charge is 0.324 e. The Morgan fingerprint density at radius 3 is 2.29 bits per heavy atom. The minimum atomic E-state index is -3.89. The Morgan fingerprint density at radius 1 is 1.00 bits per heavy atom. The summed E-state index contributed by atoms with van der Waals surface area (Å²) in [5.41, 5.74) is 1.07. The minimum Gasteiger partial charge on any atom is -0.468 e. The van der Waals surface area contributed by atoms with Crippen LogP contribution in [0.4, 0.5) is 0 Å². The van der Waals surface area contributed by atoms with Gasteiger partial charge in [0.15, 0.2) is 0 Å². The number of carbonyl (C=O) groups is 1. The Labute approximate surface area is 193 Å². The van der Waals surface area contributed by atoms with Gasteiger partial charge in [0.2, 0.25) is 10.0 Å². The van der Waals surface area contributed by atoms with E-state index in [4.69, 9.17) is 16.3 Å². The number of fused-ring (bicyclic) bond motifs is 3. The maximum absolute atomic E-state index is 12.9. The van der Waals surface area contributed by atoms with Crippen LogP contribution in [0, 0.1) is 5.92 Å². The molecule has 1 unspecified atom stereocenters. The number of hydrogen-bond acceptors (Lipinski definition) is 6. The van der Waals surface area contributed by atoms with Gasteiger partial charge >= 0.3 is 5.97 Å². The number of methoxy groups -OCH3 is 1. The van der Waals surface area contributed by atoms with E-state index in [-0.39, 0.29) is 10.8 Å². The van der Waals surface area contributed by atoms with E-state index in [1.54, 1.807) is 26.0 Å². The van der Waals surface area contributed by atoms with Gasteiger partial charge in [-0.3, -0.25) is 4.79 Å². The number of sulfonamides is 1. The lowest BCUT2D eigenvalue weighted by molar-refractivity contribution is -0.143. The molecule has 5 nitrogen and oxygen atoms in total. The molecule has 0 aliphatic rings. The van der Waals surface area contributed by atoms with Crippen molar-refractivity contribution >= 4 is 70.4 Å². The number of carbonyl (C=O) groups excluding carboxylic acids is 1. The monoisotopic (exact) mass is 493 g/mol. The van der Waals surface area contributed by atoms with Crippen LogP contribution in [0.2, 0.25) is 4.34 Å². The Morgan fingerprint density at radius 2 is 1.68 bits per heavy atom. The zero-order valence-electron chi connectivity index (χ0n) is 17.0. The van der Waals surface area contributed by atoms with Gasteiger partial charge in [-0.15, -0.1) is 22.7 Å². The van der Waals surface area contributed by atoms with Gasteiger partial charge in [-0.05, 0) is 41.8 Å². The molecule has 1 N–H and O–H groups in total. The molecule has 162 valence electrons. The number of esters is 1. The molecule has 1 atom stereocenters. The van der Waals surface area contributed by atoms with Gasteiger partial charge in [0.05, 0.1) is 16.3 Å². The van der Waals surface area contributed by atoms with Crippen LogP contribution in [-0.4, -0.2) is 27.5 Å². The van der Waals surface area contributed by atoms with Crippen LogP contribution in [0.1, 0.15) is 13.8 Å². The summed E-state index contributed by atoms with van der Waals surface area (Å²) in [5, 5.41) is 2.06. The second-order valence-corrected chi connectivity index (χ2v) is 12.0. The van der Waals surface area contributed by atoms with Crippen LogP contribution in [0.3, 0.4) is 0 Å². The lowest BCUT2D eigenvalue weighted by Crippen LogP contribution is -2.44. The van der Waals surface area contributed by atoms with E-state index in [0.29, 0.717) is 0 Å². The van der Waals surface area contributed by atoms with Crippen molar-refractivity contribution in [1.29, 1.82) is 0 Å². The van der Waals surface area contributed by atoms with E-state index < -0.39 is 22.0 Å². The minimum absolute atomic E-state index is 0.117. The molecule has 0 saturated carbocycles.